The summed E-state index contributed by atoms with van der Waals surface area (Å²) in [6, 6.07) is 1.70. The molecule has 1 atom stereocenters. The van der Waals surface area contributed by atoms with Gasteiger partial charge in [0.15, 0.2) is 0 Å². The molecule has 0 aromatic carbocycles. The molecular formula is C16H28N2O2. The van der Waals surface area contributed by atoms with Crippen LogP contribution in [0.2, 0.25) is 0 Å². The first kappa shape index (κ1) is 16.6. The Morgan fingerprint density at radius 1 is 1.35 bits per heavy atom. The van der Waals surface area contributed by atoms with Gasteiger partial charge in [-0.1, -0.05) is 40.0 Å². The van der Waals surface area contributed by atoms with E-state index in [1.165, 1.54) is 12.8 Å². The van der Waals surface area contributed by atoms with Gasteiger partial charge in [-0.2, -0.15) is 0 Å². The van der Waals surface area contributed by atoms with Crippen LogP contribution in [0.1, 0.15) is 63.4 Å². The maximum Gasteiger partial charge on any atom is 0.355 e. The van der Waals surface area contributed by atoms with E-state index in [2.05, 4.69) is 20.8 Å². The number of nitrogens with two attached hydrogens (primary N) is 1. The number of nitrogens with zero attached hydrogens (tertiary/aromatic N) is 1. The summed E-state index contributed by atoms with van der Waals surface area (Å²) in [7, 11) is 0. The number of rotatable bonds is 9. The third kappa shape index (κ3) is 4.91. The number of aryl methyl sites for hydroxylation is 1. The lowest BCUT2D eigenvalue weighted by Gasteiger charge is -2.15. The Morgan fingerprint density at radius 2 is 2.10 bits per heavy atom. The van der Waals surface area contributed by atoms with Crippen molar-refractivity contribution in [2.45, 2.75) is 59.4 Å². The van der Waals surface area contributed by atoms with E-state index in [4.69, 9.17) is 10.5 Å². The molecule has 1 aromatic heterocycles. The molecule has 1 aromatic rings. The van der Waals surface area contributed by atoms with Gasteiger partial charge in [0.25, 0.3) is 0 Å². The van der Waals surface area contributed by atoms with Crippen molar-refractivity contribution in [1.29, 1.82) is 0 Å². The normalized spacial score (nSPS) is 12.3. The maximum absolute atomic E-state index is 12.1. The molecule has 1 unspecified atom stereocenters. The predicted octanol–water partition coefficient (Wildman–Crippen LogP) is 3.85. The molecule has 114 valence electrons. The fraction of sp³-hybridized carbons (Fsp3) is 0.688. The summed E-state index contributed by atoms with van der Waals surface area (Å²) in [5, 5.41) is 0. The van der Waals surface area contributed by atoms with Gasteiger partial charge in [0.2, 0.25) is 0 Å². The van der Waals surface area contributed by atoms with Gasteiger partial charge in [0.1, 0.15) is 5.69 Å². The van der Waals surface area contributed by atoms with Crippen molar-refractivity contribution in [2.24, 2.45) is 5.92 Å². The largest absolute Gasteiger partial charge is 0.461 e. The van der Waals surface area contributed by atoms with E-state index in [1.807, 2.05) is 4.57 Å². The Morgan fingerprint density at radius 3 is 2.70 bits per heavy atom. The molecule has 0 aliphatic heterocycles. The van der Waals surface area contributed by atoms with E-state index in [1.54, 1.807) is 12.3 Å². The van der Waals surface area contributed by atoms with E-state index in [0.717, 1.165) is 25.8 Å². The van der Waals surface area contributed by atoms with Crippen LogP contribution in [0.4, 0.5) is 5.69 Å². The van der Waals surface area contributed by atoms with Gasteiger partial charge in [0, 0.05) is 12.7 Å². The van der Waals surface area contributed by atoms with Crippen LogP contribution >= 0.6 is 0 Å². The van der Waals surface area contributed by atoms with Crippen molar-refractivity contribution < 1.29 is 9.53 Å². The SMILES string of the molecule is CCCCC(CC)COC(=O)c1cc(N)cn1CCC. The van der Waals surface area contributed by atoms with E-state index >= 15 is 0 Å². The molecule has 0 saturated heterocycles. The number of ether oxygens (including phenoxy) is 1. The zero-order valence-corrected chi connectivity index (χ0v) is 13.0. The molecule has 0 bridgehead atoms. The molecule has 0 spiro atoms. The molecule has 1 rings (SSSR count). The number of unbranched alkanes of at least 4 members (excludes halogenated alkanes) is 1. The second kappa shape index (κ2) is 8.67. The zero-order chi connectivity index (χ0) is 15.0. The van der Waals surface area contributed by atoms with Crippen molar-refractivity contribution in [3.05, 3.63) is 18.0 Å². The molecule has 4 nitrogen and oxygen atoms in total. The lowest BCUT2D eigenvalue weighted by molar-refractivity contribution is 0.0415. The molecule has 0 aliphatic rings. The number of hydrogen-bond acceptors (Lipinski definition) is 3. The van der Waals surface area contributed by atoms with Crippen molar-refractivity contribution >= 4 is 11.7 Å². The first-order valence-corrected chi connectivity index (χ1v) is 7.75. The van der Waals surface area contributed by atoms with Gasteiger partial charge >= 0.3 is 5.97 Å². The van der Waals surface area contributed by atoms with Crippen molar-refractivity contribution in [3.8, 4) is 0 Å². The molecule has 0 fully saturated rings. The Balaban J connectivity index is 2.57. The number of nitrogen functional groups attached to an aromatic ring is 1. The standard InChI is InChI=1S/C16H28N2O2/c1-4-7-8-13(6-3)12-20-16(19)15-10-14(17)11-18(15)9-5-2/h10-11,13H,4-9,12,17H2,1-3H3. The smallest absolute Gasteiger partial charge is 0.355 e. The first-order valence-electron chi connectivity index (χ1n) is 7.75. The van der Waals surface area contributed by atoms with Crippen LogP contribution in [-0.4, -0.2) is 17.1 Å². The summed E-state index contributed by atoms with van der Waals surface area (Å²) in [5.41, 5.74) is 6.95. The molecule has 0 radical (unpaired) electrons. The second-order valence-electron chi connectivity index (χ2n) is 5.37. The quantitative estimate of drug-likeness (QED) is 0.699. The fourth-order valence-electron chi connectivity index (χ4n) is 2.30. The second-order valence-corrected chi connectivity index (χ2v) is 5.37. The average molecular weight is 280 g/mol. The number of hydrogen-bond donors (Lipinski definition) is 1. The van der Waals surface area contributed by atoms with E-state index in [0.29, 0.717) is 23.9 Å². The Hall–Kier alpha value is -1.45. The summed E-state index contributed by atoms with van der Waals surface area (Å²) in [6.07, 6.45) is 7.30. The summed E-state index contributed by atoms with van der Waals surface area (Å²) in [4.78, 5) is 12.1. The first-order chi connectivity index (χ1) is 9.62. The highest BCUT2D eigenvalue weighted by Gasteiger charge is 2.16. The lowest BCUT2D eigenvalue weighted by Crippen LogP contribution is -2.16. The van der Waals surface area contributed by atoms with Crippen molar-refractivity contribution in [2.75, 3.05) is 12.3 Å². The zero-order valence-electron chi connectivity index (χ0n) is 13.0. The fourth-order valence-corrected chi connectivity index (χ4v) is 2.30. The third-order valence-electron chi connectivity index (χ3n) is 3.58. The molecule has 0 saturated carbocycles. The number of carbonyl (C=O) groups is 1. The van der Waals surface area contributed by atoms with E-state index < -0.39 is 0 Å². The molecule has 4 heteroatoms. The number of aromatic nitrogens is 1. The molecule has 0 amide bonds. The number of carbonyl (C=O) groups excluding carboxylic acids is 1. The number of anilines is 1. The summed E-state index contributed by atoms with van der Waals surface area (Å²) in [6.45, 7) is 7.69. The molecular weight excluding hydrogens is 252 g/mol. The third-order valence-corrected chi connectivity index (χ3v) is 3.58. The monoisotopic (exact) mass is 280 g/mol. The minimum atomic E-state index is -0.259. The molecule has 20 heavy (non-hydrogen) atoms. The van der Waals surface area contributed by atoms with Crippen LogP contribution in [0.25, 0.3) is 0 Å². The predicted molar refractivity (Wildman–Crippen MR) is 82.7 cm³/mol. The van der Waals surface area contributed by atoms with Crippen LogP contribution in [-0.2, 0) is 11.3 Å². The van der Waals surface area contributed by atoms with Gasteiger partial charge < -0.3 is 15.0 Å². The average Bonchev–Trinajstić information content (AvgIpc) is 2.80. The maximum atomic E-state index is 12.1. The van der Waals surface area contributed by atoms with Gasteiger partial charge in [-0.05, 0) is 24.8 Å². The van der Waals surface area contributed by atoms with Crippen LogP contribution < -0.4 is 5.73 Å². The van der Waals surface area contributed by atoms with Crippen LogP contribution in [0.15, 0.2) is 12.3 Å². The topological polar surface area (TPSA) is 57.2 Å². The van der Waals surface area contributed by atoms with E-state index in [-0.39, 0.29) is 5.97 Å². The van der Waals surface area contributed by atoms with Gasteiger partial charge in [-0.15, -0.1) is 0 Å². The Kier molecular flexibility index (Phi) is 7.20. The number of esters is 1. The van der Waals surface area contributed by atoms with Gasteiger partial charge in [0.05, 0.1) is 12.3 Å². The van der Waals surface area contributed by atoms with Gasteiger partial charge in [-0.25, -0.2) is 4.79 Å². The highest BCUT2D eigenvalue weighted by molar-refractivity contribution is 5.89. The minimum Gasteiger partial charge on any atom is -0.461 e. The highest BCUT2D eigenvalue weighted by Crippen LogP contribution is 2.16. The molecule has 2 N–H and O–H groups in total. The van der Waals surface area contributed by atoms with Crippen molar-refractivity contribution in [3.63, 3.8) is 0 Å². The van der Waals surface area contributed by atoms with Crippen molar-refractivity contribution in [1.82, 2.24) is 4.57 Å². The summed E-state index contributed by atoms with van der Waals surface area (Å²) >= 11 is 0. The molecule has 0 aliphatic carbocycles. The highest BCUT2D eigenvalue weighted by atomic mass is 16.5. The minimum absolute atomic E-state index is 0.259. The summed E-state index contributed by atoms with van der Waals surface area (Å²) < 4.78 is 7.34. The Bertz CT molecular complexity index is 413. The molecule has 1 heterocycles. The lowest BCUT2D eigenvalue weighted by atomic mass is 10.0. The van der Waals surface area contributed by atoms with Crippen LogP contribution in [0.5, 0.6) is 0 Å². The van der Waals surface area contributed by atoms with E-state index in [9.17, 15) is 4.79 Å². The Labute approximate surface area is 122 Å². The van der Waals surface area contributed by atoms with Crippen LogP contribution in [0, 0.1) is 5.92 Å². The van der Waals surface area contributed by atoms with Gasteiger partial charge in [-0.3, -0.25) is 0 Å². The summed E-state index contributed by atoms with van der Waals surface area (Å²) in [5.74, 6) is 0.205. The van der Waals surface area contributed by atoms with Crippen LogP contribution in [0.3, 0.4) is 0 Å².